The summed E-state index contributed by atoms with van der Waals surface area (Å²) < 4.78 is 5.78. The summed E-state index contributed by atoms with van der Waals surface area (Å²) in [5, 5.41) is 0. The van der Waals surface area contributed by atoms with Crippen LogP contribution in [0.1, 0.15) is 72.6 Å². The van der Waals surface area contributed by atoms with Crippen molar-refractivity contribution in [2.24, 2.45) is 17.3 Å². The number of hydrogen-bond acceptors (Lipinski definition) is 1. The van der Waals surface area contributed by atoms with Crippen molar-refractivity contribution in [2.75, 3.05) is 0 Å². The lowest BCUT2D eigenvalue weighted by molar-refractivity contribution is -0.0241. The van der Waals surface area contributed by atoms with E-state index in [0.29, 0.717) is 11.5 Å². The van der Waals surface area contributed by atoms with Crippen molar-refractivity contribution < 1.29 is 4.74 Å². The van der Waals surface area contributed by atoms with Gasteiger partial charge in [0.2, 0.25) is 0 Å². The molecule has 0 aromatic heterocycles. The molecule has 3 aliphatic rings. The first-order chi connectivity index (χ1) is 9.82. The molecule has 0 spiro atoms. The Hall–Kier alpha value is -0.560. The van der Waals surface area contributed by atoms with Crippen LogP contribution >= 0.6 is 0 Å². The Bertz CT molecular complexity index is 458. The molecular formula is C20H32O. The minimum atomic E-state index is 0.154. The smallest absolute Gasteiger partial charge is 0.0892 e. The van der Waals surface area contributed by atoms with Crippen molar-refractivity contribution in [1.82, 2.24) is 0 Å². The highest BCUT2D eigenvalue weighted by molar-refractivity contribution is 5.17. The molecule has 2 fully saturated rings. The molecule has 3 rings (SSSR count). The van der Waals surface area contributed by atoms with Crippen molar-refractivity contribution in [3.8, 4) is 0 Å². The number of ether oxygens (including phenoxy) is 1. The molecule has 21 heavy (non-hydrogen) atoms. The molecule has 1 saturated heterocycles. The van der Waals surface area contributed by atoms with Crippen molar-refractivity contribution in [2.45, 2.75) is 84.3 Å². The van der Waals surface area contributed by atoms with Crippen molar-refractivity contribution >= 4 is 0 Å². The zero-order valence-corrected chi connectivity index (χ0v) is 14.4. The summed E-state index contributed by atoms with van der Waals surface area (Å²) in [6.07, 6.45) is 11.9. The van der Waals surface area contributed by atoms with Gasteiger partial charge in [0.25, 0.3) is 0 Å². The molecule has 1 saturated carbocycles. The Morgan fingerprint density at radius 1 is 1.29 bits per heavy atom. The summed E-state index contributed by atoms with van der Waals surface area (Å²) in [5.41, 5.74) is 3.79. The second-order valence-corrected chi connectivity index (χ2v) is 8.61. The molecule has 0 aromatic rings. The molecule has 0 radical (unpaired) electrons. The topological polar surface area (TPSA) is 12.5 Å². The van der Waals surface area contributed by atoms with E-state index in [1.54, 1.807) is 5.57 Å². The fraction of sp³-hybridized carbons (Fsp3) is 0.800. The third-order valence-corrected chi connectivity index (χ3v) is 6.54. The molecule has 1 nitrogen and oxygen atoms in total. The standard InChI is InChI=1S/C20H32O/c1-14-7-6-8-15(2)16-13-20(5,17(16)10-9-14)12-11-18-19(3,4)21-18/h7,16-18H,2,6,8-13H2,1,3-5H3. The van der Waals surface area contributed by atoms with Crippen molar-refractivity contribution in [1.29, 1.82) is 0 Å². The van der Waals surface area contributed by atoms with Crippen LogP contribution in [0, 0.1) is 17.3 Å². The van der Waals surface area contributed by atoms with Crippen molar-refractivity contribution in [3.63, 3.8) is 0 Å². The van der Waals surface area contributed by atoms with Gasteiger partial charge in [-0.1, -0.05) is 30.7 Å². The molecule has 0 bridgehead atoms. The van der Waals surface area contributed by atoms with Crippen LogP contribution in [0.2, 0.25) is 0 Å². The van der Waals surface area contributed by atoms with Crippen LogP contribution in [-0.4, -0.2) is 11.7 Å². The van der Waals surface area contributed by atoms with Gasteiger partial charge in [0.15, 0.2) is 0 Å². The quantitative estimate of drug-likeness (QED) is 0.482. The van der Waals surface area contributed by atoms with Gasteiger partial charge in [-0.2, -0.15) is 0 Å². The number of hydrogen-bond donors (Lipinski definition) is 0. The lowest BCUT2D eigenvalue weighted by Gasteiger charge is -2.55. The first-order valence-electron chi connectivity index (χ1n) is 8.83. The molecule has 1 heteroatoms. The third-order valence-electron chi connectivity index (χ3n) is 6.54. The van der Waals surface area contributed by atoms with E-state index in [0.717, 1.165) is 11.8 Å². The fourth-order valence-corrected chi connectivity index (χ4v) is 4.76. The van der Waals surface area contributed by atoms with Gasteiger partial charge in [0.1, 0.15) is 0 Å². The predicted octanol–water partition coefficient (Wildman–Crippen LogP) is 5.66. The minimum absolute atomic E-state index is 0.154. The van der Waals surface area contributed by atoms with E-state index >= 15 is 0 Å². The van der Waals surface area contributed by atoms with Crippen LogP contribution < -0.4 is 0 Å². The Morgan fingerprint density at radius 2 is 2.00 bits per heavy atom. The number of epoxide rings is 1. The Labute approximate surface area is 130 Å². The molecule has 1 aliphatic heterocycles. The Balaban J connectivity index is 1.62. The summed E-state index contributed by atoms with van der Waals surface area (Å²) in [4.78, 5) is 0. The lowest BCUT2D eigenvalue weighted by Crippen LogP contribution is -2.46. The van der Waals surface area contributed by atoms with Crippen molar-refractivity contribution in [3.05, 3.63) is 23.8 Å². The minimum Gasteiger partial charge on any atom is -0.367 e. The van der Waals surface area contributed by atoms with E-state index < -0.39 is 0 Å². The second-order valence-electron chi connectivity index (χ2n) is 8.61. The summed E-state index contributed by atoms with van der Waals surface area (Å²) in [5.74, 6) is 1.65. The van der Waals surface area contributed by atoms with E-state index in [1.807, 2.05) is 0 Å². The highest BCUT2D eigenvalue weighted by Crippen LogP contribution is 2.60. The van der Waals surface area contributed by atoms with Gasteiger partial charge in [0.05, 0.1) is 11.7 Å². The normalized spacial score (nSPS) is 42.0. The summed E-state index contributed by atoms with van der Waals surface area (Å²) in [6, 6.07) is 0. The van der Waals surface area contributed by atoms with Gasteiger partial charge in [-0.15, -0.1) is 0 Å². The van der Waals surface area contributed by atoms with Crippen LogP contribution in [-0.2, 0) is 4.74 Å². The van der Waals surface area contributed by atoms with E-state index in [-0.39, 0.29) is 5.60 Å². The highest BCUT2D eigenvalue weighted by Gasteiger charge is 2.53. The average molecular weight is 288 g/mol. The zero-order valence-electron chi connectivity index (χ0n) is 14.4. The maximum Gasteiger partial charge on any atom is 0.0892 e. The second kappa shape index (κ2) is 5.26. The molecule has 4 atom stereocenters. The van der Waals surface area contributed by atoms with Gasteiger partial charge in [-0.25, -0.2) is 0 Å². The van der Waals surface area contributed by atoms with E-state index in [4.69, 9.17) is 4.74 Å². The number of rotatable bonds is 3. The summed E-state index contributed by atoms with van der Waals surface area (Å²) >= 11 is 0. The monoisotopic (exact) mass is 288 g/mol. The predicted molar refractivity (Wildman–Crippen MR) is 89.3 cm³/mol. The molecule has 0 N–H and O–H groups in total. The largest absolute Gasteiger partial charge is 0.367 e. The zero-order chi connectivity index (χ0) is 15.3. The van der Waals surface area contributed by atoms with Crippen LogP contribution in [0.3, 0.4) is 0 Å². The number of allylic oxidation sites excluding steroid dienone is 3. The van der Waals surface area contributed by atoms with Crippen LogP contribution in [0.4, 0.5) is 0 Å². The molecule has 2 aliphatic carbocycles. The first-order valence-corrected chi connectivity index (χ1v) is 8.83. The summed E-state index contributed by atoms with van der Waals surface area (Å²) in [7, 11) is 0. The van der Waals surface area contributed by atoms with Gasteiger partial charge >= 0.3 is 0 Å². The number of fused-ring (bicyclic) bond motifs is 1. The van der Waals surface area contributed by atoms with Gasteiger partial charge < -0.3 is 4.74 Å². The molecular weight excluding hydrogens is 256 g/mol. The SMILES string of the molecule is C=C1CCC=C(C)CCC2C1CC2(C)CCC1OC1(C)C. The molecule has 0 aromatic carbocycles. The Morgan fingerprint density at radius 3 is 2.67 bits per heavy atom. The van der Waals surface area contributed by atoms with Crippen LogP contribution in [0.5, 0.6) is 0 Å². The molecule has 0 amide bonds. The summed E-state index contributed by atoms with van der Waals surface area (Å²) in [6.45, 7) is 13.7. The lowest BCUT2D eigenvalue weighted by atomic mass is 9.50. The van der Waals surface area contributed by atoms with E-state index in [1.165, 1.54) is 50.5 Å². The Kier molecular flexibility index (Phi) is 3.84. The maximum atomic E-state index is 5.78. The highest BCUT2D eigenvalue weighted by atomic mass is 16.6. The van der Waals surface area contributed by atoms with Gasteiger partial charge in [-0.05, 0) is 83.0 Å². The third kappa shape index (κ3) is 2.99. The fourth-order valence-electron chi connectivity index (χ4n) is 4.76. The molecule has 1 heterocycles. The first kappa shape index (κ1) is 15.3. The van der Waals surface area contributed by atoms with E-state index in [9.17, 15) is 0 Å². The van der Waals surface area contributed by atoms with Crippen LogP contribution in [0.15, 0.2) is 23.8 Å². The van der Waals surface area contributed by atoms with Gasteiger partial charge in [0, 0.05) is 0 Å². The van der Waals surface area contributed by atoms with Gasteiger partial charge in [-0.3, -0.25) is 0 Å². The maximum absolute atomic E-state index is 5.78. The average Bonchev–Trinajstić information content (AvgIpc) is 2.99. The van der Waals surface area contributed by atoms with E-state index in [2.05, 4.69) is 40.3 Å². The molecule has 118 valence electrons. The molecule has 4 unspecified atom stereocenters. The van der Waals surface area contributed by atoms with Crippen LogP contribution in [0.25, 0.3) is 0 Å².